The van der Waals surface area contributed by atoms with E-state index in [-0.39, 0.29) is 0 Å². The second-order valence-electron chi connectivity index (χ2n) is 7.32. The Bertz CT molecular complexity index is 226. The van der Waals surface area contributed by atoms with Crippen molar-refractivity contribution in [2.75, 3.05) is 0 Å². The average Bonchev–Trinajstić information content (AvgIpc) is 1.94. The van der Waals surface area contributed by atoms with Gasteiger partial charge in [-0.1, -0.05) is 20.8 Å². The molecule has 4 fully saturated rings. The maximum absolute atomic E-state index is 2.40. The molecule has 4 bridgehead atoms. The summed E-state index contributed by atoms with van der Waals surface area (Å²) in [5.74, 6) is 3.31. The topological polar surface area (TPSA) is 0 Å². The molecule has 0 aliphatic heterocycles. The Kier molecular flexibility index (Phi) is 2.23. The van der Waals surface area contributed by atoms with Crippen molar-refractivity contribution in [3.05, 3.63) is 0 Å². The van der Waals surface area contributed by atoms with Crippen LogP contribution in [0.1, 0.15) is 59.3 Å². The molecule has 0 spiro atoms. The van der Waals surface area contributed by atoms with Crippen LogP contribution in [-0.4, -0.2) is 9.49 Å². The fourth-order valence-corrected chi connectivity index (χ4v) is 7.06. The van der Waals surface area contributed by atoms with E-state index in [1.54, 1.807) is 38.5 Å². The summed E-state index contributed by atoms with van der Waals surface area (Å²) in [4.78, 5) is 0. The minimum atomic E-state index is 0.464. The van der Waals surface area contributed by atoms with Gasteiger partial charge in [0.1, 0.15) is 0 Å². The van der Waals surface area contributed by atoms with Crippen molar-refractivity contribution in [1.82, 2.24) is 0 Å². The van der Waals surface area contributed by atoms with Crippen molar-refractivity contribution in [3.63, 3.8) is 0 Å². The zero-order valence-electron chi connectivity index (χ0n) is 10.4. The van der Waals surface area contributed by atoms with Crippen LogP contribution >= 0.6 is 11.8 Å². The quantitative estimate of drug-likeness (QED) is 0.632. The maximum Gasteiger partial charge on any atom is 0.0173 e. The highest BCUT2D eigenvalue weighted by Crippen LogP contribution is 2.62. The second kappa shape index (κ2) is 3.18. The smallest absolute Gasteiger partial charge is 0.0173 e. The van der Waals surface area contributed by atoms with Crippen LogP contribution < -0.4 is 0 Å². The van der Waals surface area contributed by atoms with Crippen molar-refractivity contribution in [2.45, 2.75) is 68.8 Å². The fraction of sp³-hybridized carbons (Fsp3) is 1.00. The van der Waals surface area contributed by atoms with Crippen molar-refractivity contribution in [1.29, 1.82) is 0 Å². The van der Waals surface area contributed by atoms with E-state index in [0.29, 0.717) is 9.49 Å². The molecule has 0 heterocycles. The lowest BCUT2D eigenvalue weighted by Crippen LogP contribution is -2.49. The SMILES string of the molecule is CC(C)(C)SC12CC3CC(CC(C3)C1)C2. The van der Waals surface area contributed by atoms with Crippen molar-refractivity contribution >= 4 is 11.8 Å². The first kappa shape index (κ1) is 10.5. The van der Waals surface area contributed by atoms with Crippen LogP contribution in [0.15, 0.2) is 0 Å². The summed E-state index contributed by atoms with van der Waals surface area (Å²) in [6.07, 6.45) is 9.35. The molecule has 0 atom stereocenters. The lowest BCUT2D eigenvalue weighted by atomic mass is 9.56. The molecule has 0 nitrogen and oxygen atoms in total. The summed E-state index contributed by atoms with van der Waals surface area (Å²) in [6, 6.07) is 0. The van der Waals surface area contributed by atoms with E-state index in [0.717, 1.165) is 17.8 Å². The number of rotatable bonds is 1. The van der Waals surface area contributed by atoms with Gasteiger partial charge in [-0.2, -0.15) is 0 Å². The monoisotopic (exact) mass is 224 g/mol. The van der Waals surface area contributed by atoms with E-state index in [2.05, 4.69) is 32.5 Å². The van der Waals surface area contributed by atoms with Crippen LogP contribution in [0.4, 0.5) is 0 Å². The Morgan fingerprint density at radius 1 is 0.867 bits per heavy atom. The molecule has 0 saturated heterocycles. The molecule has 0 N–H and O–H groups in total. The number of thioether (sulfide) groups is 1. The molecule has 0 radical (unpaired) electrons. The Hall–Kier alpha value is 0.350. The third kappa shape index (κ3) is 1.97. The summed E-state index contributed by atoms with van der Waals surface area (Å²) in [5.41, 5.74) is 0. The fourth-order valence-electron chi connectivity index (χ4n) is 4.81. The van der Waals surface area contributed by atoms with Gasteiger partial charge in [0.25, 0.3) is 0 Å². The molecule has 15 heavy (non-hydrogen) atoms. The first-order chi connectivity index (χ1) is 6.94. The summed E-state index contributed by atoms with van der Waals surface area (Å²) in [6.45, 7) is 7.20. The van der Waals surface area contributed by atoms with Gasteiger partial charge in [-0.15, -0.1) is 11.8 Å². The van der Waals surface area contributed by atoms with Gasteiger partial charge in [0.15, 0.2) is 0 Å². The second-order valence-corrected chi connectivity index (χ2v) is 9.61. The van der Waals surface area contributed by atoms with Crippen molar-refractivity contribution in [2.24, 2.45) is 17.8 Å². The standard InChI is InChI=1S/C14H24S/c1-13(2,3)15-14-7-10-4-11(8-14)6-12(5-10)9-14/h10-12H,4-9H2,1-3H3. The third-order valence-corrected chi connectivity index (χ3v) is 6.05. The molecule has 4 aliphatic carbocycles. The molecular weight excluding hydrogens is 200 g/mol. The van der Waals surface area contributed by atoms with Crippen molar-refractivity contribution in [3.8, 4) is 0 Å². The molecule has 0 aromatic carbocycles. The summed E-state index contributed by atoms with van der Waals surface area (Å²) >= 11 is 2.31. The van der Waals surface area contributed by atoms with Crippen LogP contribution in [0, 0.1) is 17.8 Å². The third-order valence-electron chi connectivity index (χ3n) is 4.50. The number of hydrogen-bond donors (Lipinski definition) is 0. The van der Waals surface area contributed by atoms with E-state index in [4.69, 9.17) is 0 Å². The Morgan fingerprint density at radius 2 is 1.27 bits per heavy atom. The minimum absolute atomic E-state index is 0.464. The van der Waals surface area contributed by atoms with Gasteiger partial charge in [-0.25, -0.2) is 0 Å². The van der Waals surface area contributed by atoms with Crippen molar-refractivity contribution < 1.29 is 0 Å². The molecular formula is C14H24S. The Morgan fingerprint density at radius 3 is 1.60 bits per heavy atom. The van der Waals surface area contributed by atoms with E-state index in [9.17, 15) is 0 Å². The van der Waals surface area contributed by atoms with Gasteiger partial charge in [0.2, 0.25) is 0 Å². The van der Waals surface area contributed by atoms with Gasteiger partial charge in [0.05, 0.1) is 0 Å². The number of hydrogen-bond acceptors (Lipinski definition) is 1. The van der Waals surface area contributed by atoms with E-state index in [1.165, 1.54) is 0 Å². The summed E-state index contributed by atoms with van der Waals surface area (Å²) < 4.78 is 1.17. The van der Waals surface area contributed by atoms with Crippen LogP contribution in [0.5, 0.6) is 0 Å². The van der Waals surface area contributed by atoms with E-state index >= 15 is 0 Å². The lowest BCUT2D eigenvalue weighted by Gasteiger charge is -2.57. The van der Waals surface area contributed by atoms with Gasteiger partial charge >= 0.3 is 0 Å². The van der Waals surface area contributed by atoms with E-state index in [1.807, 2.05) is 0 Å². The highest BCUT2D eigenvalue weighted by molar-refractivity contribution is 8.01. The summed E-state index contributed by atoms with van der Waals surface area (Å²) in [7, 11) is 0. The zero-order valence-corrected chi connectivity index (χ0v) is 11.2. The van der Waals surface area contributed by atoms with Crippen LogP contribution in [0.2, 0.25) is 0 Å². The molecule has 4 rings (SSSR count). The average molecular weight is 224 g/mol. The van der Waals surface area contributed by atoms with Crippen LogP contribution in [0.25, 0.3) is 0 Å². The molecule has 0 unspecified atom stereocenters. The van der Waals surface area contributed by atoms with Gasteiger partial charge in [0, 0.05) is 9.49 Å². The predicted octanol–water partition coefficient (Wildman–Crippen LogP) is 4.49. The normalized spacial score (nSPS) is 48.6. The summed E-state index contributed by atoms with van der Waals surface area (Å²) in [5, 5.41) is 0. The Balaban J connectivity index is 1.81. The first-order valence-electron chi connectivity index (χ1n) is 6.64. The van der Waals surface area contributed by atoms with Gasteiger partial charge < -0.3 is 0 Å². The van der Waals surface area contributed by atoms with Crippen LogP contribution in [-0.2, 0) is 0 Å². The molecule has 86 valence electrons. The Labute approximate surface area is 98.6 Å². The van der Waals surface area contributed by atoms with Crippen LogP contribution in [0.3, 0.4) is 0 Å². The lowest BCUT2D eigenvalue weighted by molar-refractivity contribution is 0.0378. The molecule has 4 aliphatic rings. The molecule has 4 saturated carbocycles. The molecule has 1 heteroatoms. The maximum atomic E-state index is 2.40. The highest BCUT2D eigenvalue weighted by Gasteiger charge is 2.52. The first-order valence-corrected chi connectivity index (χ1v) is 7.46. The predicted molar refractivity (Wildman–Crippen MR) is 68.2 cm³/mol. The van der Waals surface area contributed by atoms with Gasteiger partial charge in [-0.3, -0.25) is 0 Å². The van der Waals surface area contributed by atoms with E-state index < -0.39 is 0 Å². The molecule has 0 aromatic heterocycles. The minimum Gasteiger partial charge on any atom is -0.149 e. The molecule has 0 aromatic rings. The molecule has 0 amide bonds. The highest BCUT2D eigenvalue weighted by atomic mass is 32.2. The zero-order chi connectivity index (χ0) is 10.7. The largest absolute Gasteiger partial charge is 0.149 e. The van der Waals surface area contributed by atoms with Gasteiger partial charge in [-0.05, 0) is 56.3 Å².